The molecule has 0 unspecified atom stereocenters. The molecule has 0 spiro atoms. The number of alkyl halides is 3. The van der Waals surface area contributed by atoms with E-state index in [9.17, 15) is 13.2 Å². The minimum Gasteiger partial charge on any atom is -0.396 e. The average molecular weight is 334 g/mol. The number of aliphatic hydroxyl groups is 1. The fraction of sp³-hybridized carbons (Fsp3) is 0.278. The highest BCUT2D eigenvalue weighted by Crippen LogP contribution is 2.32. The van der Waals surface area contributed by atoms with Gasteiger partial charge in [-0.25, -0.2) is 4.98 Å². The van der Waals surface area contributed by atoms with Crippen molar-refractivity contribution in [3.63, 3.8) is 0 Å². The Labute approximate surface area is 137 Å². The first-order valence-corrected chi connectivity index (χ1v) is 7.72. The normalized spacial score (nSPS) is 12.0. The van der Waals surface area contributed by atoms with Crippen LogP contribution in [0.1, 0.15) is 23.9 Å². The number of aromatic nitrogens is 2. The zero-order chi connectivity index (χ0) is 17.3. The second-order valence-electron chi connectivity index (χ2n) is 5.56. The summed E-state index contributed by atoms with van der Waals surface area (Å²) in [5.41, 5.74) is 2.13. The number of halogens is 3. The molecule has 0 radical (unpaired) electrons. The van der Waals surface area contributed by atoms with Gasteiger partial charge < -0.3 is 5.11 Å². The van der Waals surface area contributed by atoms with Crippen molar-refractivity contribution in [2.45, 2.75) is 25.9 Å². The number of benzene rings is 2. The lowest BCUT2D eigenvalue weighted by atomic mass is 10.1. The van der Waals surface area contributed by atoms with Gasteiger partial charge in [0.2, 0.25) is 0 Å². The van der Waals surface area contributed by atoms with Gasteiger partial charge in [-0.2, -0.15) is 13.2 Å². The maximum Gasteiger partial charge on any atom is 0.416 e. The molecule has 0 aliphatic carbocycles. The molecule has 2 aromatic carbocycles. The van der Waals surface area contributed by atoms with E-state index in [0.29, 0.717) is 29.7 Å². The quantitative estimate of drug-likeness (QED) is 0.779. The van der Waals surface area contributed by atoms with Crippen LogP contribution < -0.4 is 0 Å². The van der Waals surface area contributed by atoms with E-state index in [1.165, 1.54) is 6.07 Å². The molecule has 0 bridgehead atoms. The lowest BCUT2D eigenvalue weighted by Crippen LogP contribution is -2.04. The summed E-state index contributed by atoms with van der Waals surface area (Å²) in [6.07, 6.45) is -3.20. The largest absolute Gasteiger partial charge is 0.416 e. The Balaban J connectivity index is 2.12. The summed E-state index contributed by atoms with van der Waals surface area (Å²) in [4.78, 5) is 4.36. The van der Waals surface area contributed by atoms with Crippen molar-refractivity contribution in [2.75, 3.05) is 6.61 Å². The molecule has 1 aromatic heterocycles. The van der Waals surface area contributed by atoms with E-state index < -0.39 is 11.7 Å². The number of fused-ring (bicyclic) bond motifs is 1. The molecule has 0 saturated heterocycles. The van der Waals surface area contributed by atoms with Crippen molar-refractivity contribution in [3.8, 4) is 5.69 Å². The van der Waals surface area contributed by atoms with Crippen LogP contribution in [-0.2, 0) is 19.0 Å². The van der Waals surface area contributed by atoms with Crippen molar-refractivity contribution in [2.24, 2.45) is 0 Å². The fourth-order valence-corrected chi connectivity index (χ4v) is 2.77. The Bertz CT molecular complexity index is 851. The summed E-state index contributed by atoms with van der Waals surface area (Å²) in [6.45, 7) is 2.00. The Hall–Kier alpha value is -2.34. The van der Waals surface area contributed by atoms with Crippen LogP contribution in [0.4, 0.5) is 13.2 Å². The molecule has 6 heteroatoms. The molecule has 0 amide bonds. The van der Waals surface area contributed by atoms with E-state index in [4.69, 9.17) is 5.11 Å². The van der Waals surface area contributed by atoms with Gasteiger partial charge in [-0.1, -0.05) is 19.1 Å². The van der Waals surface area contributed by atoms with Crippen LogP contribution in [0.25, 0.3) is 16.7 Å². The summed E-state index contributed by atoms with van der Waals surface area (Å²) >= 11 is 0. The summed E-state index contributed by atoms with van der Waals surface area (Å²) < 4.78 is 40.5. The van der Waals surface area contributed by atoms with Gasteiger partial charge in [-0.3, -0.25) is 4.57 Å². The van der Waals surface area contributed by atoms with Crippen molar-refractivity contribution in [3.05, 3.63) is 59.4 Å². The third kappa shape index (κ3) is 3.01. The lowest BCUT2D eigenvalue weighted by Gasteiger charge is -2.10. The van der Waals surface area contributed by atoms with Gasteiger partial charge in [-0.15, -0.1) is 0 Å². The van der Waals surface area contributed by atoms with Gasteiger partial charge in [0, 0.05) is 18.7 Å². The molecule has 126 valence electrons. The van der Waals surface area contributed by atoms with Gasteiger partial charge in [-0.05, 0) is 42.3 Å². The van der Waals surface area contributed by atoms with Gasteiger partial charge in [0.1, 0.15) is 5.82 Å². The second-order valence-corrected chi connectivity index (χ2v) is 5.56. The smallest absolute Gasteiger partial charge is 0.396 e. The minimum absolute atomic E-state index is 0.0772. The van der Waals surface area contributed by atoms with E-state index in [1.807, 2.05) is 35.8 Å². The summed E-state index contributed by atoms with van der Waals surface area (Å²) in [7, 11) is 0. The minimum atomic E-state index is -4.38. The van der Waals surface area contributed by atoms with Gasteiger partial charge in [0.05, 0.1) is 16.6 Å². The number of imidazole rings is 1. The molecule has 3 rings (SSSR count). The number of nitrogens with zero attached hydrogens (tertiary/aromatic N) is 2. The maximum absolute atomic E-state index is 12.9. The molecule has 0 saturated carbocycles. The van der Waals surface area contributed by atoms with Gasteiger partial charge in [0.25, 0.3) is 0 Å². The fourth-order valence-electron chi connectivity index (χ4n) is 2.77. The van der Waals surface area contributed by atoms with E-state index in [1.54, 1.807) is 0 Å². The molecule has 3 nitrogen and oxygen atoms in total. The van der Waals surface area contributed by atoms with Crippen molar-refractivity contribution < 1.29 is 18.3 Å². The average Bonchev–Trinajstić information content (AvgIpc) is 2.93. The van der Waals surface area contributed by atoms with E-state index in [0.717, 1.165) is 23.4 Å². The molecule has 0 fully saturated rings. The van der Waals surface area contributed by atoms with Crippen LogP contribution in [0.5, 0.6) is 0 Å². The summed E-state index contributed by atoms with van der Waals surface area (Å²) in [5, 5.41) is 8.98. The zero-order valence-corrected chi connectivity index (χ0v) is 13.1. The van der Waals surface area contributed by atoms with Crippen LogP contribution in [0.3, 0.4) is 0 Å². The van der Waals surface area contributed by atoms with Crippen molar-refractivity contribution in [1.29, 1.82) is 0 Å². The molecule has 0 atom stereocenters. The molecule has 0 aliphatic rings. The van der Waals surface area contributed by atoms with Crippen LogP contribution in [0, 0.1) is 0 Å². The first kappa shape index (κ1) is 16.5. The lowest BCUT2D eigenvalue weighted by molar-refractivity contribution is -0.137. The third-order valence-corrected chi connectivity index (χ3v) is 3.96. The molecule has 3 aromatic rings. The maximum atomic E-state index is 12.9. The van der Waals surface area contributed by atoms with Crippen LogP contribution in [-0.4, -0.2) is 21.3 Å². The first-order valence-electron chi connectivity index (χ1n) is 7.72. The van der Waals surface area contributed by atoms with Crippen LogP contribution in [0.2, 0.25) is 0 Å². The van der Waals surface area contributed by atoms with E-state index in [2.05, 4.69) is 4.98 Å². The number of aliphatic hydroxyl groups excluding tert-OH is 1. The predicted octanol–water partition coefficient (Wildman–Crippen LogP) is 4.14. The van der Waals surface area contributed by atoms with Gasteiger partial charge >= 0.3 is 6.18 Å². The highest BCUT2D eigenvalue weighted by Gasteiger charge is 2.31. The van der Waals surface area contributed by atoms with Crippen molar-refractivity contribution in [1.82, 2.24) is 9.55 Å². The molecule has 1 heterocycles. The molecular weight excluding hydrogens is 317 g/mol. The SMILES string of the molecule is CCc1nc2cc(C(F)(F)F)ccc2n1-c1ccc(CCO)cc1. The third-order valence-electron chi connectivity index (χ3n) is 3.96. The molecular formula is C18H17F3N2O. The monoisotopic (exact) mass is 334 g/mol. The zero-order valence-electron chi connectivity index (χ0n) is 13.1. The van der Waals surface area contributed by atoms with E-state index >= 15 is 0 Å². The van der Waals surface area contributed by atoms with Gasteiger partial charge in [0.15, 0.2) is 0 Å². The summed E-state index contributed by atoms with van der Waals surface area (Å²) in [5.74, 6) is 0.708. The van der Waals surface area contributed by atoms with E-state index in [-0.39, 0.29) is 6.61 Å². The standard InChI is InChI=1S/C18H17F3N2O/c1-2-17-22-15-11-13(18(19,20)21)5-8-16(15)23(17)14-6-3-12(4-7-14)9-10-24/h3-8,11,24H,2,9-10H2,1H3. The van der Waals surface area contributed by atoms with Crippen LogP contribution >= 0.6 is 0 Å². The number of hydrogen-bond donors (Lipinski definition) is 1. The Morgan fingerprint density at radius 2 is 1.79 bits per heavy atom. The molecule has 1 N–H and O–H groups in total. The first-order chi connectivity index (χ1) is 11.4. The van der Waals surface area contributed by atoms with Crippen LogP contribution in [0.15, 0.2) is 42.5 Å². The van der Waals surface area contributed by atoms with Crippen molar-refractivity contribution >= 4 is 11.0 Å². The highest BCUT2D eigenvalue weighted by molar-refractivity contribution is 5.79. The Morgan fingerprint density at radius 3 is 2.38 bits per heavy atom. The Morgan fingerprint density at radius 1 is 1.08 bits per heavy atom. The molecule has 24 heavy (non-hydrogen) atoms. The Kier molecular flexibility index (Phi) is 4.32. The number of rotatable bonds is 4. The predicted molar refractivity (Wildman–Crippen MR) is 86.2 cm³/mol. The second kappa shape index (κ2) is 6.28. The molecule has 0 aliphatic heterocycles. The number of hydrogen-bond acceptors (Lipinski definition) is 2. The highest BCUT2D eigenvalue weighted by atomic mass is 19.4. The number of aryl methyl sites for hydroxylation is 1. The summed E-state index contributed by atoms with van der Waals surface area (Å²) in [6, 6.07) is 11.2. The topological polar surface area (TPSA) is 38.0 Å².